The Morgan fingerprint density at radius 1 is 1.43 bits per heavy atom. The fourth-order valence-corrected chi connectivity index (χ4v) is 1.33. The third-order valence-corrected chi connectivity index (χ3v) is 2.41. The van der Waals surface area contributed by atoms with Gasteiger partial charge >= 0.3 is 0 Å². The van der Waals surface area contributed by atoms with Gasteiger partial charge in [0.2, 0.25) is 0 Å². The van der Waals surface area contributed by atoms with E-state index in [1.807, 2.05) is 24.7 Å². The Labute approximate surface area is 84.2 Å². The number of nitrogens with zero attached hydrogens (tertiary/aromatic N) is 2. The third kappa shape index (κ3) is 2.56. The molecular weight excluding hydrogens is 180 g/mol. The van der Waals surface area contributed by atoms with Crippen molar-refractivity contribution in [3.63, 3.8) is 0 Å². The van der Waals surface area contributed by atoms with Crippen molar-refractivity contribution in [1.82, 2.24) is 9.78 Å². The zero-order valence-corrected chi connectivity index (χ0v) is 8.77. The van der Waals surface area contributed by atoms with Crippen molar-refractivity contribution in [1.29, 1.82) is 0 Å². The predicted molar refractivity (Wildman–Crippen MR) is 53.9 cm³/mol. The first-order chi connectivity index (χ1) is 6.63. The van der Waals surface area contributed by atoms with Crippen LogP contribution in [0.25, 0.3) is 0 Å². The number of hydrogen-bond donors (Lipinski definition) is 2. The normalized spacial score (nSPS) is 12.0. The molecule has 1 heterocycles. The Morgan fingerprint density at radius 2 is 2.07 bits per heavy atom. The molecule has 1 aromatic rings. The van der Waals surface area contributed by atoms with Crippen molar-refractivity contribution in [3.8, 4) is 0 Å². The Balaban J connectivity index is 2.67. The number of hydrogen-bond acceptors (Lipinski definition) is 3. The lowest BCUT2D eigenvalue weighted by atomic mass is 9.86. The van der Waals surface area contributed by atoms with Crippen molar-refractivity contribution < 1.29 is 10.2 Å². The van der Waals surface area contributed by atoms with Gasteiger partial charge in [0.25, 0.3) is 0 Å². The van der Waals surface area contributed by atoms with Gasteiger partial charge in [-0.05, 0) is 18.9 Å². The lowest BCUT2D eigenvalue weighted by molar-refractivity contribution is 0.0704. The molecule has 4 nitrogen and oxygen atoms in total. The van der Waals surface area contributed by atoms with Crippen LogP contribution in [0.3, 0.4) is 0 Å². The summed E-state index contributed by atoms with van der Waals surface area (Å²) in [6.45, 7) is 4.70. The minimum absolute atomic E-state index is 0.0131. The van der Waals surface area contributed by atoms with E-state index in [1.165, 1.54) is 0 Å². The molecule has 0 aliphatic rings. The molecule has 0 aromatic carbocycles. The SMILES string of the molecule is CCn1cc(CC(C)(CO)CO)cn1. The Kier molecular flexibility index (Phi) is 3.66. The van der Waals surface area contributed by atoms with Crippen LogP contribution < -0.4 is 0 Å². The summed E-state index contributed by atoms with van der Waals surface area (Å²) in [7, 11) is 0. The standard InChI is InChI=1S/C10H18N2O2/c1-3-12-6-9(5-11-12)4-10(2,7-13)8-14/h5-6,13-14H,3-4,7-8H2,1-2H3. The van der Waals surface area contributed by atoms with E-state index in [2.05, 4.69) is 5.10 Å². The quantitative estimate of drug-likeness (QED) is 0.721. The first-order valence-electron chi connectivity index (χ1n) is 4.86. The summed E-state index contributed by atoms with van der Waals surface area (Å²) in [6, 6.07) is 0. The molecule has 0 spiro atoms. The van der Waals surface area contributed by atoms with E-state index in [-0.39, 0.29) is 13.2 Å². The average Bonchev–Trinajstić information content (AvgIpc) is 2.65. The second-order valence-corrected chi connectivity index (χ2v) is 4.01. The van der Waals surface area contributed by atoms with Crippen LogP contribution in [0.15, 0.2) is 12.4 Å². The molecule has 0 aliphatic heterocycles. The minimum atomic E-state index is -0.443. The van der Waals surface area contributed by atoms with Gasteiger partial charge in [-0.2, -0.15) is 5.10 Å². The van der Waals surface area contributed by atoms with Crippen LogP contribution in [0.4, 0.5) is 0 Å². The van der Waals surface area contributed by atoms with Crippen LogP contribution in [-0.4, -0.2) is 33.2 Å². The topological polar surface area (TPSA) is 58.3 Å². The Bertz CT molecular complexity index is 279. The smallest absolute Gasteiger partial charge is 0.0521 e. The van der Waals surface area contributed by atoms with Gasteiger partial charge in [0, 0.05) is 18.2 Å². The molecule has 0 radical (unpaired) electrons. The molecule has 1 rings (SSSR count). The summed E-state index contributed by atoms with van der Waals surface area (Å²) in [4.78, 5) is 0. The van der Waals surface area contributed by atoms with Gasteiger partial charge in [0.15, 0.2) is 0 Å². The van der Waals surface area contributed by atoms with E-state index >= 15 is 0 Å². The summed E-state index contributed by atoms with van der Waals surface area (Å²) >= 11 is 0. The molecular formula is C10H18N2O2. The summed E-state index contributed by atoms with van der Waals surface area (Å²) in [6.07, 6.45) is 4.39. The molecule has 1 aromatic heterocycles. The lowest BCUT2D eigenvalue weighted by Crippen LogP contribution is -2.28. The lowest BCUT2D eigenvalue weighted by Gasteiger charge is -2.23. The summed E-state index contributed by atoms with van der Waals surface area (Å²) in [5.41, 5.74) is 0.610. The zero-order valence-electron chi connectivity index (χ0n) is 8.77. The molecule has 0 unspecified atom stereocenters. The Hall–Kier alpha value is -0.870. The number of aromatic nitrogens is 2. The van der Waals surface area contributed by atoms with Gasteiger partial charge in [0.1, 0.15) is 0 Å². The van der Waals surface area contributed by atoms with E-state index in [1.54, 1.807) is 6.20 Å². The molecule has 80 valence electrons. The van der Waals surface area contributed by atoms with Crippen molar-refractivity contribution >= 4 is 0 Å². The zero-order chi connectivity index (χ0) is 10.6. The predicted octanol–water partition coefficient (Wildman–Crippen LogP) is 0.436. The molecule has 0 fully saturated rings. The van der Waals surface area contributed by atoms with Crippen LogP contribution in [0.5, 0.6) is 0 Å². The molecule has 2 N–H and O–H groups in total. The van der Waals surface area contributed by atoms with Gasteiger partial charge in [0.05, 0.1) is 19.4 Å². The Morgan fingerprint density at radius 3 is 2.50 bits per heavy atom. The first kappa shape index (κ1) is 11.2. The van der Waals surface area contributed by atoms with Gasteiger partial charge in [-0.25, -0.2) is 0 Å². The second-order valence-electron chi connectivity index (χ2n) is 4.01. The van der Waals surface area contributed by atoms with Gasteiger partial charge in [-0.3, -0.25) is 4.68 Å². The highest BCUT2D eigenvalue weighted by atomic mass is 16.3. The highest BCUT2D eigenvalue weighted by molar-refractivity contribution is 5.07. The number of aliphatic hydroxyl groups excluding tert-OH is 2. The fraction of sp³-hybridized carbons (Fsp3) is 0.700. The third-order valence-electron chi connectivity index (χ3n) is 2.41. The van der Waals surface area contributed by atoms with E-state index in [4.69, 9.17) is 10.2 Å². The molecule has 4 heteroatoms. The monoisotopic (exact) mass is 198 g/mol. The van der Waals surface area contributed by atoms with Crippen molar-refractivity contribution in [2.75, 3.05) is 13.2 Å². The average molecular weight is 198 g/mol. The molecule has 0 bridgehead atoms. The molecule has 0 aliphatic carbocycles. The van der Waals surface area contributed by atoms with Gasteiger partial charge in [-0.1, -0.05) is 6.92 Å². The van der Waals surface area contributed by atoms with Crippen molar-refractivity contribution in [2.45, 2.75) is 26.8 Å². The van der Waals surface area contributed by atoms with E-state index in [9.17, 15) is 0 Å². The number of aliphatic hydroxyl groups is 2. The molecule has 0 saturated carbocycles. The van der Waals surface area contributed by atoms with Gasteiger partial charge < -0.3 is 10.2 Å². The van der Waals surface area contributed by atoms with E-state index in [0.29, 0.717) is 6.42 Å². The highest BCUT2D eigenvalue weighted by Crippen LogP contribution is 2.20. The maximum absolute atomic E-state index is 9.12. The number of rotatable bonds is 5. The van der Waals surface area contributed by atoms with Crippen LogP contribution in [-0.2, 0) is 13.0 Å². The largest absolute Gasteiger partial charge is 0.396 e. The minimum Gasteiger partial charge on any atom is -0.396 e. The van der Waals surface area contributed by atoms with Crippen LogP contribution in [0.2, 0.25) is 0 Å². The summed E-state index contributed by atoms with van der Waals surface area (Å²) < 4.78 is 1.84. The van der Waals surface area contributed by atoms with Crippen molar-refractivity contribution in [3.05, 3.63) is 18.0 Å². The maximum atomic E-state index is 9.12. The van der Waals surface area contributed by atoms with E-state index < -0.39 is 5.41 Å². The highest BCUT2D eigenvalue weighted by Gasteiger charge is 2.23. The van der Waals surface area contributed by atoms with Crippen molar-refractivity contribution in [2.24, 2.45) is 5.41 Å². The summed E-state index contributed by atoms with van der Waals surface area (Å²) in [5, 5.41) is 22.4. The fourth-order valence-electron chi connectivity index (χ4n) is 1.33. The number of aryl methyl sites for hydroxylation is 1. The molecule has 0 saturated heterocycles. The molecule has 0 amide bonds. The summed E-state index contributed by atoms with van der Waals surface area (Å²) in [5.74, 6) is 0. The van der Waals surface area contributed by atoms with Crippen LogP contribution in [0.1, 0.15) is 19.4 Å². The van der Waals surface area contributed by atoms with Crippen LogP contribution >= 0.6 is 0 Å². The second kappa shape index (κ2) is 4.57. The molecule has 14 heavy (non-hydrogen) atoms. The van der Waals surface area contributed by atoms with E-state index in [0.717, 1.165) is 12.1 Å². The first-order valence-corrected chi connectivity index (χ1v) is 4.86. The maximum Gasteiger partial charge on any atom is 0.0521 e. The van der Waals surface area contributed by atoms with Crippen LogP contribution in [0, 0.1) is 5.41 Å². The molecule has 0 atom stereocenters. The van der Waals surface area contributed by atoms with Gasteiger partial charge in [-0.15, -0.1) is 0 Å².